The summed E-state index contributed by atoms with van der Waals surface area (Å²) < 4.78 is 0. The van der Waals surface area contributed by atoms with Gasteiger partial charge < -0.3 is 10.2 Å². The number of hydrogen-bond acceptors (Lipinski definition) is 2. The molecule has 2 rings (SSSR count). The molecule has 0 radical (unpaired) electrons. The molecule has 0 amide bonds. The van der Waals surface area contributed by atoms with Crippen LogP contribution in [0.4, 0.5) is 0 Å². The third-order valence-corrected chi connectivity index (χ3v) is 4.65. The van der Waals surface area contributed by atoms with Gasteiger partial charge in [0.25, 0.3) is 0 Å². The van der Waals surface area contributed by atoms with Crippen molar-refractivity contribution in [1.29, 1.82) is 0 Å². The van der Waals surface area contributed by atoms with Crippen molar-refractivity contribution in [3.8, 4) is 0 Å². The van der Waals surface area contributed by atoms with E-state index in [9.17, 15) is 0 Å². The van der Waals surface area contributed by atoms with E-state index in [1.807, 2.05) is 0 Å². The fraction of sp³-hybridized carbons (Fsp3) is 1.00. The Morgan fingerprint density at radius 1 is 1.24 bits per heavy atom. The highest BCUT2D eigenvalue weighted by Gasteiger charge is 2.28. The third-order valence-electron chi connectivity index (χ3n) is 4.65. The van der Waals surface area contributed by atoms with E-state index >= 15 is 0 Å². The molecule has 0 aromatic rings. The van der Waals surface area contributed by atoms with Crippen LogP contribution in [0.2, 0.25) is 0 Å². The lowest BCUT2D eigenvalue weighted by molar-refractivity contribution is 0.145. The lowest BCUT2D eigenvalue weighted by Crippen LogP contribution is -2.42. The Bertz CT molecular complexity index is 203. The van der Waals surface area contributed by atoms with Gasteiger partial charge in [-0.1, -0.05) is 20.3 Å². The van der Waals surface area contributed by atoms with Crippen LogP contribution in [-0.4, -0.2) is 37.1 Å². The van der Waals surface area contributed by atoms with E-state index in [0.717, 1.165) is 17.9 Å². The molecule has 0 aromatic heterocycles. The SMILES string of the molecule is CCCC(C)CN1CCC(C2CCCN2)CC1. The highest BCUT2D eigenvalue weighted by atomic mass is 15.1. The van der Waals surface area contributed by atoms with E-state index in [1.165, 1.54) is 64.7 Å². The lowest BCUT2D eigenvalue weighted by atomic mass is 9.88. The maximum absolute atomic E-state index is 3.68. The quantitative estimate of drug-likeness (QED) is 0.792. The molecule has 2 atom stereocenters. The van der Waals surface area contributed by atoms with Gasteiger partial charge in [-0.05, 0) is 63.6 Å². The van der Waals surface area contributed by atoms with Crippen molar-refractivity contribution in [2.75, 3.05) is 26.2 Å². The number of nitrogens with one attached hydrogen (secondary N) is 1. The third kappa shape index (κ3) is 3.96. The topological polar surface area (TPSA) is 15.3 Å². The molecule has 2 unspecified atom stereocenters. The van der Waals surface area contributed by atoms with E-state index < -0.39 is 0 Å². The first-order valence-corrected chi connectivity index (χ1v) is 7.75. The van der Waals surface area contributed by atoms with E-state index in [0.29, 0.717) is 0 Å². The summed E-state index contributed by atoms with van der Waals surface area (Å²) in [6.45, 7) is 9.99. The largest absolute Gasteiger partial charge is 0.314 e. The minimum absolute atomic E-state index is 0.852. The highest BCUT2D eigenvalue weighted by molar-refractivity contribution is 4.85. The van der Waals surface area contributed by atoms with Gasteiger partial charge in [0.05, 0.1) is 0 Å². The Balaban J connectivity index is 1.66. The summed E-state index contributed by atoms with van der Waals surface area (Å²) in [5.74, 6) is 1.86. The van der Waals surface area contributed by atoms with Gasteiger partial charge in [0.15, 0.2) is 0 Å². The molecule has 2 nitrogen and oxygen atoms in total. The van der Waals surface area contributed by atoms with E-state index in [4.69, 9.17) is 0 Å². The average molecular weight is 238 g/mol. The summed E-state index contributed by atoms with van der Waals surface area (Å²) in [6.07, 6.45) is 8.41. The molecule has 0 saturated carbocycles. The van der Waals surface area contributed by atoms with Crippen molar-refractivity contribution in [2.45, 2.75) is 58.4 Å². The number of rotatable bonds is 5. The first-order chi connectivity index (χ1) is 8.29. The molecule has 2 saturated heterocycles. The fourth-order valence-corrected chi connectivity index (χ4v) is 3.68. The zero-order chi connectivity index (χ0) is 12.1. The standard InChI is InChI=1S/C15H30N2/c1-3-5-13(2)12-17-10-7-14(8-11-17)15-6-4-9-16-15/h13-16H,3-12H2,1-2H3. The lowest BCUT2D eigenvalue weighted by Gasteiger charge is -2.36. The van der Waals surface area contributed by atoms with Crippen LogP contribution in [0.15, 0.2) is 0 Å². The van der Waals surface area contributed by atoms with Gasteiger partial charge in [-0.2, -0.15) is 0 Å². The van der Waals surface area contributed by atoms with Crippen LogP contribution in [0.1, 0.15) is 52.4 Å². The van der Waals surface area contributed by atoms with Gasteiger partial charge in [-0.25, -0.2) is 0 Å². The van der Waals surface area contributed by atoms with Crippen molar-refractivity contribution in [3.05, 3.63) is 0 Å². The molecular formula is C15H30N2. The molecule has 0 aromatic carbocycles. The second-order valence-electron chi connectivity index (χ2n) is 6.23. The van der Waals surface area contributed by atoms with Crippen molar-refractivity contribution < 1.29 is 0 Å². The summed E-state index contributed by atoms with van der Waals surface area (Å²) >= 11 is 0. The molecule has 0 bridgehead atoms. The molecule has 2 aliphatic rings. The summed E-state index contributed by atoms with van der Waals surface area (Å²) in [6, 6.07) is 0.852. The Hall–Kier alpha value is -0.0800. The smallest absolute Gasteiger partial charge is 0.00967 e. The van der Waals surface area contributed by atoms with Crippen LogP contribution in [0.25, 0.3) is 0 Å². The highest BCUT2D eigenvalue weighted by Crippen LogP contribution is 2.26. The van der Waals surface area contributed by atoms with Crippen LogP contribution < -0.4 is 5.32 Å². The Morgan fingerprint density at radius 3 is 2.59 bits per heavy atom. The molecule has 2 heteroatoms. The zero-order valence-corrected chi connectivity index (χ0v) is 11.8. The molecule has 1 N–H and O–H groups in total. The van der Waals surface area contributed by atoms with Gasteiger partial charge in [-0.15, -0.1) is 0 Å². The monoisotopic (exact) mass is 238 g/mol. The van der Waals surface area contributed by atoms with Crippen LogP contribution in [-0.2, 0) is 0 Å². The van der Waals surface area contributed by atoms with Crippen molar-refractivity contribution in [1.82, 2.24) is 10.2 Å². The predicted octanol–water partition coefficient (Wildman–Crippen LogP) is 2.89. The molecular weight excluding hydrogens is 208 g/mol. The van der Waals surface area contributed by atoms with Crippen LogP contribution in [0, 0.1) is 11.8 Å². The first kappa shape index (κ1) is 13.4. The molecule has 17 heavy (non-hydrogen) atoms. The maximum atomic E-state index is 3.68. The van der Waals surface area contributed by atoms with Crippen molar-refractivity contribution in [2.24, 2.45) is 11.8 Å². The van der Waals surface area contributed by atoms with Crippen molar-refractivity contribution in [3.63, 3.8) is 0 Å². The molecule has 2 heterocycles. The maximum Gasteiger partial charge on any atom is 0.00967 e. The van der Waals surface area contributed by atoms with Crippen molar-refractivity contribution >= 4 is 0 Å². The summed E-state index contributed by atoms with van der Waals surface area (Å²) in [5.41, 5.74) is 0. The Kier molecular flexibility index (Phi) is 5.30. The Morgan fingerprint density at radius 2 is 2.00 bits per heavy atom. The minimum atomic E-state index is 0.852. The summed E-state index contributed by atoms with van der Waals surface area (Å²) in [4.78, 5) is 2.70. The molecule has 0 aliphatic carbocycles. The number of piperidine rings is 1. The van der Waals surface area contributed by atoms with E-state index in [1.54, 1.807) is 0 Å². The molecule has 2 aliphatic heterocycles. The van der Waals surface area contributed by atoms with Crippen LogP contribution >= 0.6 is 0 Å². The minimum Gasteiger partial charge on any atom is -0.314 e. The first-order valence-electron chi connectivity index (χ1n) is 7.75. The average Bonchev–Trinajstić information content (AvgIpc) is 2.84. The summed E-state index contributed by atoms with van der Waals surface area (Å²) in [7, 11) is 0. The van der Waals surface area contributed by atoms with E-state index in [-0.39, 0.29) is 0 Å². The normalized spacial score (nSPS) is 29.6. The molecule has 0 spiro atoms. The number of hydrogen-bond donors (Lipinski definition) is 1. The zero-order valence-electron chi connectivity index (χ0n) is 11.8. The predicted molar refractivity (Wildman–Crippen MR) is 74.3 cm³/mol. The van der Waals surface area contributed by atoms with Gasteiger partial charge in [0.2, 0.25) is 0 Å². The molecule has 2 fully saturated rings. The number of nitrogens with zero attached hydrogens (tertiary/aromatic N) is 1. The van der Waals surface area contributed by atoms with Gasteiger partial charge >= 0.3 is 0 Å². The van der Waals surface area contributed by atoms with E-state index in [2.05, 4.69) is 24.1 Å². The fourth-order valence-electron chi connectivity index (χ4n) is 3.68. The molecule has 100 valence electrons. The number of likely N-dealkylation sites (tertiary alicyclic amines) is 1. The van der Waals surface area contributed by atoms with Gasteiger partial charge in [-0.3, -0.25) is 0 Å². The van der Waals surface area contributed by atoms with Crippen LogP contribution in [0.3, 0.4) is 0 Å². The summed E-state index contributed by atoms with van der Waals surface area (Å²) in [5, 5.41) is 3.68. The second-order valence-corrected chi connectivity index (χ2v) is 6.23. The second kappa shape index (κ2) is 6.75. The van der Waals surface area contributed by atoms with Gasteiger partial charge in [0, 0.05) is 12.6 Å². The van der Waals surface area contributed by atoms with Crippen LogP contribution in [0.5, 0.6) is 0 Å². The Labute approximate surface area is 107 Å². The van der Waals surface area contributed by atoms with Gasteiger partial charge in [0.1, 0.15) is 0 Å².